The molecule has 0 unspecified atom stereocenters. The molecule has 2 aromatic carbocycles. The second kappa shape index (κ2) is 8.36. The lowest BCUT2D eigenvalue weighted by Crippen LogP contribution is -2.12. The molecule has 0 aliphatic rings. The average molecular weight is 419 g/mol. The summed E-state index contributed by atoms with van der Waals surface area (Å²) in [6, 6.07) is 15.1. The van der Waals surface area contributed by atoms with E-state index in [1.165, 1.54) is 0 Å². The Morgan fingerprint density at radius 3 is 2.36 bits per heavy atom. The number of anilines is 2. The first-order valence-corrected chi connectivity index (χ1v) is 10.6. The maximum atomic E-state index is 12.5. The lowest BCUT2D eigenvalue weighted by atomic mass is 10.2. The molecule has 146 valence electrons. The van der Waals surface area contributed by atoms with E-state index in [4.69, 9.17) is 4.74 Å². The van der Waals surface area contributed by atoms with Crippen LogP contribution in [0.1, 0.15) is 24.2 Å². The van der Waals surface area contributed by atoms with Gasteiger partial charge in [-0.1, -0.05) is 29.5 Å². The predicted molar refractivity (Wildman–Crippen MR) is 107 cm³/mol. The van der Waals surface area contributed by atoms with Gasteiger partial charge in [-0.3, -0.25) is 14.8 Å². The Bertz CT molecular complexity index is 1050. The first-order chi connectivity index (χ1) is 13.3. The summed E-state index contributed by atoms with van der Waals surface area (Å²) in [5.74, 6) is 0.245. The summed E-state index contributed by atoms with van der Waals surface area (Å²) >= 11 is 0.764. The van der Waals surface area contributed by atoms with E-state index in [0.717, 1.165) is 11.3 Å². The number of amides is 1. The quantitative estimate of drug-likeness (QED) is 0.569. The number of nitrogens with zero attached hydrogens (tertiary/aromatic N) is 2. The van der Waals surface area contributed by atoms with Crippen molar-refractivity contribution in [3.63, 3.8) is 0 Å². The minimum atomic E-state index is -3.93. The topological polar surface area (TPSA) is 110 Å². The Morgan fingerprint density at radius 2 is 1.71 bits per heavy atom. The van der Waals surface area contributed by atoms with Crippen molar-refractivity contribution >= 4 is 38.1 Å². The van der Waals surface area contributed by atoms with E-state index in [0.29, 0.717) is 17.0 Å². The molecule has 0 atom stereocenters. The third kappa shape index (κ3) is 5.05. The summed E-state index contributed by atoms with van der Waals surface area (Å²) in [6.07, 6.45) is 0.0217. The largest absolute Gasteiger partial charge is 0.491 e. The molecule has 0 saturated carbocycles. The lowest BCUT2D eigenvalue weighted by Gasteiger charge is -2.10. The molecular weight excluding hydrogens is 400 g/mol. The van der Waals surface area contributed by atoms with Crippen LogP contribution in [0.2, 0.25) is 0 Å². The fraction of sp³-hybridized carbons (Fsp3) is 0.167. The molecule has 28 heavy (non-hydrogen) atoms. The highest BCUT2D eigenvalue weighted by Crippen LogP contribution is 2.24. The Kier molecular flexibility index (Phi) is 5.90. The van der Waals surface area contributed by atoms with Crippen LogP contribution in [0.25, 0.3) is 0 Å². The highest BCUT2D eigenvalue weighted by atomic mass is 32.2. The van der Waals surface area contributed by atoms with E-state index in [2.05, 4.69) is 20.2 Å². The minimum absolute atomic E-state index is 0.0217. The molecule has 0 aliphatic heterocycles. The van der Waals surface area contributed by atoms with Gasteiger partial charge in [0.15, 0.2) is 0 Å². The molecule has 8 nitrogen and oxygen atoms in total. The fourth-order valence-corrected chi connectivity index (χ4v) is 4.16. The summed E-state index contributed by atoms with van der Waals surface area (Å²) in [4.78, 5) is 12.1. The summed E-state index contributed by atoms with van der Waals surface area (Å²) < 4.78 is 32.7. The number of ether oxygens (including phenoxy) is 1. The van der Waals surface area contributed by atoms with Crippen molar-refractivity contribution in [3.8, 4) is 5.75 Å². The number of nitrogens with one attached hydrogen (secondary N) is 2. The number of carbonyl (C=O) groups excluding carboxylic acids is 1. The third-order valence-corrected chi connectivity index (χ3v) is 5.96. The minimum Gasteiger partial charge on any atom is -0.491 e. The van der Waals surface area contributed by atoms with Crippen LogP contribution in [0.15, 0.2) is 58.9 Å². The molecule has 1 aromatic heterocycles. The number of hydrogen-bond acceptors (Lipinski definition) is 7. The van der Waals surface area contributed by atoms with Gasteiger partial charge in [-0.05, 0) is 50.2 Å². The highest BCUT2D eigenvalue weighted by Gasteiger charge is 2.21. The zero-order valence-electron chi connectivity index (χ0n) is 15.1. The molecule has 0 fully saturated rings. The summed E-state index contributed by atoms with van der Waals surface area (Å²) in [7, 11) is -3.93. The number of hydrogen-bond donors (Lipinski definition) is 2. The number of carbonyl (C=O) groups is 1. The number of benzene rings is 2. The van der Waals surface area contributed by atoms with Gasteiger partial charge in [0.2, 0.25) is 5.13 Å². The van der Waals surface area contributed by atoms with E-state index >= 15 is 0 Å². The SMILES string of the molecule is CC(C)Oc1ccc(NS(=O)(=O)c2nnc(NC(=O)c3ccccc3)s2)cc1. The van der Waals surface area contributed by atoms with Crippen molar-refractivity contribution in [2.75, 3.05) is 10.0 Å². The Labute approximate surface area is 166 Å². The molecule has 2 N–H and O–H groups in total. The monoisotopic (exact) mass is 418 g/mol. The van der Waals surface area contributed by atoms with Crippen LogP contribution >= 0.6 is 11.3 Å². The molecule has 3 aromatic rings. The van der Waals surface area contributed by atoms with Gasteiger partial charge in [-0.2, -0.15) is 8.42 Å². The van der Waals surface area contributed by atoms with E-state index in [1.54, 1.807) is 54.6 Å². The zero-order chi connectivity index (χ0) is 20.1. The van der Waals surface area contributed by atoms with Gasteiger partial charge >= 0.3 is 0 Å². The van der Waals surface area contributed by atoms with Gasteiger partial charge in [0.1, 0.15) is 5.75 Å². The van der Waals surface area contributed by atoms with Crippen LogP contribution in [-0.4, -0.2) is 30.6 Å². The van der Waals surface area contributed by atoms with E-state index in [9.17, 15) is 13.2 Å². The van der Waals surface area contributed by atoms with Crippen molar-refractivity contribution in [3.05, 3.63) is 60.2 Å². The van der Waals surface area contributed by atoms with E-state index in [1.807, 2.05) is 13.8 Å². The highest BCUT2D eigenvalue weighted by molar-refractivity contribution is 7.94. The van der Waals surface area contributed by atoms with Gasteiger partial charge in [0, 0.05) is 11.3 Å². The van der Waals surface area contributed by atoms with E-state index in [-0.39, 0.29) is 15.6 Å². The van der Waals surface area contributed by atoms with Crippen molar-refractivity contribution < 1.29 is 17.9 Å². The molecule has 1 amide bonds. The van der Waals surface area contributed by atoms with Crippen LogP contribution in [0, 0.1) is 0 Å². The van der Waals surface area contributed by atoms with Crippen molar-refractivity contribution in [2.24, 2.45) is 0 Å². The van der Waals surface area contributed by atoms with E-state index < -0.39 is 15.9 Å². The van der Waals surface area contributed by atoms with Crippen LogP contribution in [0.5, 0.6) is 5.75 Å². The van der Waals surface area contributed by atoms with Gasteiger partial charge < -0.3 is 4.74 Å². The van der Waals surface area contributed by atoms with Crippen LogP contribution in [0.4, 0.5) is 10.8 Å². The maximum absolute atomic E-state index is 12.5. The molecule has 0 aliphatic carbocycles. The lowest BCUT2D eigenvalue weighted by molar-refractivity contribution is 0.102. The van der Waals surface area contributed by atoms with Crippen molar-refractivity contribution in [1.82, 2.24) is 10.2 Å². The molecule has 3 rings (SSSR count). The molecule has 10 heteroatoms. The van der Waals surface area contributed by atoms with Gasteiger partial charge in [0.05, 0.1) is 6.10 Å². The molecule has 0 bridgehead atoms. The standard InChI is InChI=1S/C18H18N4O4S2/c1-12(2)26-15-10-8-14(9-11-15)22-28(24,25)18-21-20-17(27-18)19-16(23)13-6-4-3-5-7-13/h3-12,22H,1-2H3,(H,19,20,23). The normalized spacial score (nSPS) is 11.2. The van der Waals surface area contributed by atoms with Crippen LogP contribution < -0.4 is 14.8 Å². The fourth-order valence-electron chi connectivity index (χ4n) is 2.20. The van der Waals surface area contributed by atoms with Gasteiger partial charge in [0.25, 0.3) is 20.3 Å². The first-order valence-electron chi connectivity index (χ1n) is 8.33. The molecule has 1 heterocycles. The summed E-state index contributed by atoms with van der Waals surface area (Å²) in [6.45, 7) is 3.81. The smallest absolute Gasteiger partial charge is 0.291 e. The summed E-state index contributed by atoms with van der Waals surface area (Å²) in [5.41, 5.74) is 0.796. The number of aromatic nitrogens is 2. The number of rotatable bonds is 7. The first kappa shape index (κ1) is 19.8. The Hall–Kier alpha value is -2.98. The molecule has 0 saturated heterocycles. The molecule has 0 spiro atoms. The van der Waals surface area contributed by atoms with Crippen molar-refractivity contribution in [1.29, 1.82) is 0 Å². The maximum Gasteiger partial charge on any atom is 0.291 e. The predicted octanol–water partition coefficient (Wildman–Crippen LogP) is 3.38. The van der Waals surface area contributed by atoms with Crippen LogP contribution in [0.3, 0.4) is 0 Å². The second-order valence-corrected chi connectivity index (χ2v) is 8.82. The van der Waals surface area contributed by atoms with Crippen molar-refractivity contribution in [2.45, 2.75) is 24.3 Å². The molecular formula is C18H18N4O4S2. The van der Waals surface area contributed by atoms with Gasteiger partial charge in [-0.15, -0.1) is 10.2 Å². The molecule has 0 radical (unpaired) electrons. The third-order valence-electron chi connectivity index (χ3n) is 3.37. The van der Waals surface area contributed by atoms with Crippen LogP contribution in [-0.2, 0) is 10.0 Å². The summed E-state index contributed by atoms with van der Waals surface area (Å²) in [5, 5.41) is 10.0. The number of sulfonamides is 1. The van der Waals surface area contributed by atoms with Gasteiger partial charge in [-0.25, -0.2) is 0 Å². The Morgan fingerprint density at radius 1 is 1.04 bits per heavy atom. The Balaban J connectivity index is 1.68. The second-order valence-electron chi connectivity index (χ2n) is 5.99. The average Bonchev–Trinajstić information content (AvgIpc) is 3.13. The zero-order valence-corrected chi connectivity index (χ0v) is 16.8.